The summed E-state index contributed by atoms with van der Waals surface area (Å²) in [5.74, 6) is -1.91. The molecule has 0 aliphatic heterocycles. The lowest BCUT2D eigenvalue weighted by Crippen LogP contribution is -2.52. The molecule has 9 nitrogen and oxygen atoms in total. The van der Waals surface area contributed by atoms with Gasteiger partial charge in [0.25, 0.3) is 0 Å². The fourth-order valence-corrected chi connectivity index (χ4v) is 3.80. The van der Waals surface area contributed by atoms with Crippen molar-refractivity contribution in [1.29, 1.82) is 0 Å². The van der Waals surface area contributed by atoms with E-state index in [1.165, 1.54) is 7.11 Å². The predicted molar refractivity (Wildman–Crippen MR) is 135 cm³/mol. The van der Waals surface area contributed by atoms with Gasteiger partial charge in [-0.05, 0) is 48.6 Å². The first-order valence-electron chi connectivity index (χ1n) is 11.9. The van der Waals surface area contributed by atoms with Crippen LogP contribution >= 0.6 is 0 Å². The Morgan fingerprint density at radius 1 is 1.06 bits per heavy atom. The monoisotopic (exact) mass is 500 g/mol. The average Bonchev–Trinajstić information content (AvgIpc) is 2.83. The summed E-state index contributed by atoms with van der Waals surface area (Å²) in [6.07, 6.45) is 0.323. The van der Waals surface area contributed by atoms with E-state index in [2.05, 4.69) is 10.6 Å². The minimum Gasteiger partial charge on any atom is -0.504 e. The number of esters is 1. The largest absolute Gasteiger partial charge is 0.504 e. The number of rotatable bonds is 14. The molecule has 0 aliphatic rings. The lowest BCUT2D eigenvalue weighted by Gasteiger charge is -2.27. The zero-order chi connectivity index (χ0) is 26.7. The molecule has 0 heterocycles. The summed E-state index contributed by atoms with van der Waals surface area (Å²) in [6.45, 7) is 6.14. The van der Waals surface area contributed by atoms with E-state index >= 15 is 0 Å². The van der Waals surface area contributed by atoms with Gasteiger partial charge in [0.1, 0.15) is 6.04 Å². The second kappa shape index (κ2) is 13.5. The predicted octanol–water partition coefficient (Wildman–Crippen LogP) is 2.79. The highest BCUT2D eigenvalue weighted by molar-refractivity contribution is 5.90. The van der Waals surface area contributed by atoms with Crippen LogP contribution in [0.4, 0.5) is 0 Å². The molecule has 196 valence electrons. The van der Waals surface area contributed by atoms with Crippen LogP contribution in [-0.2, 0) is 31.0 Å². The average molecular weight is 501 g/mol. The Kier molecular flexibility index (Phi) is 10.7. The van der Waals surface area contributed by atoms with E-state index in [1.54, 1.807) is 19.1 Å². The molecule has 4 N–H and O–H groups in total. The van der Waals surface area contributed by atoms with E-state index in [0.29, 0.717) is 18.7 Å². The van der Waals surface area contributed by atoms with Crippen molar-refractivity contribution in [2.45, 2.75) is 57.5 Å². The Morgan fingerprint density at radius 2 is 1.75 bits per heavy atom. The summed E-state index contributed by atoms with van der Waals surface area (Å²) in [4.78, 5) is 37.0. The van der Waals surface area contributed by atoms with E-state index < -0.39 is 36.4 Å². The molecule has 0 radical (unpaired) electrons. The second-order valence-electron chi connectivity index (χ2n) is 9.13. The van der Waals surface area contributed by atoms with Crippen LogP contribution in [0, 0.1) is 0 Å². The summed E-state index contributed by atoms with van der Waals surface area (Å²) in [6, 6.07) is 12.4. The van der Waals surface area contributed by atoms with Crippen molar-refractivity contribution in [2.24, 2.45) is 0 Å². The molecule has 0 saturated carbocycles. The minimum absolute atomic E-state index is 0.0302. The number of carboxylic acid groups (broad SMARTS) is 1. The number of benzene rings is 2. The van der Waals surface area contributed by atoms with Crippen LogP contribution in [0.3, 0.4) is 0 Å². The molecule has 2 aromatic carbocycles. The van der Waals surface area contributed by atoms with Gasteiger partial charge in [0.15, 0.2) is 11.5 Å². The summed E-state index contributed by atoms with van der Waals surface area (Å²) < 4.78 is 10.2. The van der Waals surface area contributed by atoms with Crippen molar-refractivity contribution in [1.82, 2.24) is 10.6 Å². The van der Waals surface area contributed by atoms with Crippen LogP contribution in [0.2, 0.25) is 0 Å². The van der Waals surface area contributed by atoms with Crippen molar-refractivity contribution in [3.05, 3.63) is 59.7 Å². The lowest BCUT2D eigenvalue weighted by molar-refractivity contribution is -0.147. The normalized spacial score (nSPS) is 12.9. The first kappa shape index (κ1) is 28.6. The molecule has 0 fully saturated rings. The van der Waals surface area contributed by atoms with Gasteiger partial charge in [0.2, 0.25) is 5.91 Å². The highest BCUT2D eigenvalue weighted by atomic mass is 16.5. The number of aliphatic carboxylic acids is 1. The highest BCUT2D eigenvalue weighted by Crippen LogP contribution is 2.34. The van der Waals surface area contributed by atoms with E-state index in [0.717, 1.165) is 11.1 Å². The standard InChI is InChI=1S/C27H36N2O7/c1-5-36-26(34)21(15-18-9-7-6-8-10-18)29-25(33)20(17-24(31)32)28-14-13-27(2,3)19-11-12-23(35-4)22(30)16-19/h6-12,16,20-21,28,30H,5,13-15,17H2,1-4H3,(H,29,33)(H,31,32)/t20-,21+/m0/s1. The van der Waals surface area contributed by atoms with Crippen molar-refractivity contribution in [3.8, 4) is 11.5 Å². The van der Waals surface area contributed by atoms with Gasteiger partial charge in [-0.1, -0.05) is 50.2 Å². The van der Waals surface area contributed by atoms with Gasteiger partial charge in [-0.2, -0.15) is 0 Å². The molecule has 36 heavy (non-hydrogen) atoms. The second-order valence-corrected chi connectivity index (χ2v) is 9.13. The van der Waals surface area contributed by atoms with Gasteiger partial charge in [0.05, 0.1) is 26.2 Å². The third kappa shape index (κ3) is 8.57. The van der Waals surface area contributed by atoms with Crippen molar-refractivity contribution < 1.29 is 34.1 Å². The van der Waals surface area contributed by atoms with Crippen molar-refractivity contribution >= 4 is 17.8 Å². The summed E-state index contributed by atoms with van der Waals surface area (Å²) in [7, 11) is 1.48. The Balaban J connectivity index is 2.08. The highest BCUT2D eigenvalue weighted by Gasteiger charge is 2.29. The zero-order valence-electron chi connectivity index (χ0n) is 21.2. The lowest BCUT2D eigenvalue weighted by atomic mass is 9.81. The molecule has 0 spiro atoms. The fourth-order valence-electron chi connectivity index (χ4n) is 3.80. The number of hydrogen-bond acceptors (Lipinski definition) is 7. The molecule has 2 rings (SSSR count). The van der Waals surface area contributed by atoms with Gasteiger partial charge in [-0.3, -0.25) is 9.59 Å². The number of carboxylic acids is 1. The third-order valence-corrected chi connectivity index (χ3v) is 5.97. The molecule has 1 amide bonds. The topological polar surface area (TPSA) is 134 Å². The van der Waals surface area contributed by atoms with Crippen LogP contribution in [0.15, 0.2) is 48.5 Å². The van der Waals surface area contributed by atoms with Crippen molar-refractivity contribution in [2.75, 3.05) is 20.3 Å². The van der Waals surface area contributed by atoms with E-state index in [-0.39, 0.29) is 24.2 Å². The molecule has 0 bridgehead atoms. The number of amides is 1. The van der Waals surface area contributed by atoms with Crippen molar-refractivity contribution in [3.63, 3.8) is 0 Å². The number of aromatic hydroxyl groups is 1. The summed E-state index contributed by atoms with van der Waals surface area (Å²) in [5, 5.41) is 25.2. The molecule has 0 unspecified atom stereocenters. The van der Waals surface area contributed by atoms with Crippen LogP contribution in [-0.4, -0.2) is 60.4 Å². The smallest absolute Gasteiger partial charge is 0.328 e. The maximum Gasteiger partial charge on any atom is 0.328 e. The first-order valence-corrected chi connectivity index (χ1v) is 11.9. The SMILES string of the molecule is CCOC(=O)[C@@H](Cc1ccccc1)NC(=O)[C@H](CC(=O)O)NCCC(C)(C)c1ccc(OC)c(O)c1. The third-order valence-electron chi connectivity index (χ3n) is 5.97. The fraction of sp³-hybridized carbons (Fsp3) is 0.444. The Hall–Kier alpha value is -3.59. The number of methoxy groups -OCH3 is 1. The van der Waals surface area contributed by atoms with Crippen LogP contribution in [0.1, 0.15) is 44.7 Å². The molecule has 2 aromatic rings. The number of carbonyl (C=O) groups excluding carboxylic acids is 2. The molecule has 0 aliphatic carbocycles. The summed E-state index contributed by atoms with van der Waals surface area (Å²) >= 11 is 0. The Labute approximate surface area is 211 Å². The number of nitrogens with one attached hydrogen (secondary N) is 2. The van der Waals surface area contributed by atoms with Gasteiger partial charge in [-0.25, -0.2) is 4.79 Å². The number of carbonyl (C=O) groups is 3. The maximum absolute atomic E-state index is 13.0. The zero-order valence-corrected chi connectivity index (χ0v) is 21.2. The maximum atomic E-state index is 13.0. The summed E-state index contributed by atoms with van der Waals surface area (Å²) in [5.41, 5.74) is 1.32. The molecule has 2 atom stereocenters. The Morgan fingerprint density at radius 3 is 2.33 bits per heavy atom. The number of ether oxygens (including phenoxy) is 2. The van der Waals surface area contributed by atoms with Gasteiger partial charge in [0, 0.05) is 6.42 Å². The quantitative estimate of drug-likeness (QED) is 0.291. The van der Waals surface area contributed by atoms with Gasteiger partial charge in [-0.15, -0.1) is 0 Å². The minimum atomic E-state index is -1.14. The Bertz CT molecular complexity index is 1020. The van der Waals surface area contributed by atoms with E-state index in [1.807, 2.05) is 50.2 Å². The number of phenolic OH excluding ortho intramolecular Hbond substituents is 1. The van der Waals surface area contributed by atoms with Crippen LogP contribution in [0.25, 0.3) is 0 Å². The van der Waals surface area contributed by atoms with Crippen LogP contribution in [0.5, 0.6) is 11.5 Å². The van der Waals surface area contributed by atoms with E-state index in [4.69, 9.17) is 9.47 Å². The molecule has 0 aromatic heterocycles. The number of phenols is 1. The first-order chi connectivity index (χ1) is 17.1. The van der Waals surface area contributed by atoms with Crippen LogP contribution < -0.4 is 15.4 Å². The molecular formula is C27H36N2O7. The van der Waals surface area contributed by atoms with Gasteiger partial charge >= 0.3 is 11.9 Å². The molecular weight excluding hydrogens is 464 g/mol. The van der Waals surface area contributed by atoms with E-state index in [9.17, 15) is 24.6 Å². The number of hydrogen-bond donors (Lipinski definition) is 4. The van der Waals surface area contributed by atoms with Gasteiger partial charge < -0.3 is 30.3 Å². The molecule has 9 heteroatoms. The molecule has 0 saturated heterocycles.